The molecule has 1 unspecified atom stereocenters. The Labute approximate surface area is 136 Å². The second-order valence-corrected chi connectivity index (χ2v) is 6.04. The monoisotopic (exact) mass is 328 g/mol. The first-order valence-electron chi connectivity index (χ1n) is 8.28. The van der Waals surface area contributed by atoms with Gasteiger partial charge in [-0.25, -0.2) is 0 Å². The van der Waals surface area contributed by atoms with Crippen LogP contribution >= 0.6 is 0 Å². The van der Waals surface area contributed by atoms with Crippen LogP contribution in [0.25, 0.3) is 0 Å². The molecule has 1 aromatic rings. The highest BCUT2D eigenvalue weighted by Gasteiger charge is 2.42. The molecule has 0 amide bonds. The first-order valence-corrected chi connectivity index (χ1v) is 8.28. The molecule has 5 N–H and O–H groups in total. The Balaban J connectivity index is 1.58. The van der Waals surface area contributed by atoms with Crippen molar-refractivity contribution >= 4 is 0 Å². The molecule has 7 nitrogen and oxygen atoms in total. The van der Waals surface area contributed by atoms with Crippen LogP contribution in [0, 0.1) is 0 Å². The maximum absolute atomic E-state index is 9.89. The topological polar surface area (TPSA) is 107 Å². The molecule has 1 fully saturated rings. The van der Waals surface area contributed by atoms with Gasteiger partial charge in [-0.3, -0.25) is 5.32 Å². The van der Waals surface area contributed by atoms with Gasteiger partial charge in [0, 0.05) is 18.9 Å². The Hall–Kier alpha value is -0.960. The minimum atomic E-state index is -1.32. The lowest BCUT2D eigenvalue weighted by Gasteiger charge is -2.40. The van der Waals surface area contributed by atoms with Crippen LogP contribution in [0.2, 0.25) is 0 Å². The van der Waals surface area contributed by atoms with Gasteiger partial charge in [0.25, 0.3) is 0 Å². The zero-order valence-corrected chi connectivity index (χ0v) is 13.3. The van der Waals surface area contributed by atoms with E-state index < -0.39 is 37.3 Å². The summed E-state index contributed by atoms with van der Waals surface area (Å²) in [5.41, 5.74) is 0. The van der Waals surface area contributed by atoms with E-state index in [-0.39, 0.29) is 0 Å². The average molecular weight is 328 g/mol. The highest BCUT2D eigenvalue weighted by molar-refractivity contribution is 4.91. The molecular weight excluding hydrogens is 300 g/mol. The molecular formula is C16H28N2O5. The number of ether oxygens (including phenoxy) is 1. The van der Waals surface area contributed by atoms with Crippen LogP contribution in [0.1, 0.15) is 25.7 Å². The Morgan fingerprint density at radius 3 is 2.30 bits per heavy atom. The van der Waals surface area contributed by atoms with E-state index in [9.17, 15) is 15.3 Å². The third-order valence-corrected chi connectivity index (χ3v) is 4.25. The van der Waals surface area contributed by atoms with Crippen LogP contribution in [0.3, 0.4) is 0 Å². The van der Waals surface area contributed by atoms with E-state index in [1.165, 1.54) is 0 Å². The van der Waals surface area contributed by atoms with E-state index in [4.69, 9.17) is 9.84 Å². The van der Waals surface area contributed by atoms with Gasteiger partial charge < -0.3 is 29.7 Å². The second kappa shape index (κ2) is 9.36. The number of aliphatic hydroxyl groups excluding tert-OH is 4. The molecule has 0 spiro atoms. The van der Waals surface area contributed by atoms with Crippen LogP contribution in [-0.4, -0.2) is 68.8 Å². The summed E-state index contributed by atoms with van der Waals surface area (Å²) in [5.74, 6) is 0. The molecule has 7 heteroatoms. The van der Waals surface area contributed by atoms with Crippen LogP contribution in [0.15, 0.2) is 24.5 Å². The fraction of sp³-hybridized carbons (Fsp3) is 0.750. The highest BCUT2D eigenvalue weighted by atomic mass is 16.6. The van der Waals surface area contributed by atoms with E-state index in [1.54, 1.807) is 0 Å². The van der Waals surface area contributed by atoms with Crippen molar-refractivity contribution in [2.24, 2.45) is 0 Å². The molecule has 1 saturated heterocycles. The summed E-state index contributed by atoms with van der Waals surface area (Å²) in [4.78, 5) is 0. The third kappa shape index (κ3) is 5.27. The Morgan fingerprint density at radius 1 is 0.913 bits per heavy atom. The lowest BCUT2D eigenvalue weighted by atomic mass is 9.98. The van der Waals surface area contributed by atoms with E-state index in [1.807, 2.05) is 12.1 Å². The lowest BCUT2D eigenvalue weighted by Crippen LogP contribution is -2.62. The number of rotatable bonds is 9. The summed E-state index contributed by atoms with van der Waals surface area (Å²) < 4.78 is 7.54. The zero-order valence-electron chi connectivity index (χ0n) is 13.3. The van der Waals surface area contributed by atoms with Gasteiger partial charge in [0.2, 0.25) is 0 Å². The molecule has 0 radical (unpaired) electrons. The van der Waals surface area contributed by atoms with Crippen molar-refractivity contribution in [1.82, 2.24) is 9.88 Å². The van der Waals surface area contributed by atoms with Gasteiger partial charge in [-0.1, -0.05) is 12.8 Å². The maximum atomic E-state index is 9.89. The maximum Gasteiger partial charge on any atom is 0.137 e. The Bertz CT molecular complexity index is 426. The van der Waals surface area contributed by atoms with Gasteiger partial charge in [-0.15, -0.1) is 0 Å². The molecule has 0 aromatic carbocycles. The van der Waals surface area contributed by atoms with Gasteiger partial charge in [-0.2, -0.15) is 0 Å². The average Bonchev–Trinajstić information content (AvgIpc) is 3.07. The van der Waals surface area contributed by atoms with E-state index in [0.717, 1.165) is 32.2 Å². The number of unbranched alkanes of at least 4 members (excludes halogenated alkanes) is 3. The molecule has 23 heavy (non-hydrogen) atoms. The quantitative estimate of drug-likeness (QED) is 0.389. The molecule has 0 aliphatic carbocycles. The number of hydrogen-bond donors (Lipinski definition) is 5. The Kier molecular flexibility index (Phi) is 7.48. The SMILES string of the molecule is OC[C@H]1OC(NCCCCCCn2cccc2)[C@H](O)[C@@H](O)[C@@H]1O. The molecule has 2 rings (SSSR count). The highest BCUT2D eigenvalue weighted by Crippen LogP contribution is 2.19. The first-order chi connectivity index (χ1) is 11.1. The summed E-state index contributed by atoms with van der Waals surface area (Å²) in [7, 11) is 0. The molecule has 0 bridgehead atoms. The lowest BCUT2D eigenvalue weighted by molar-refractivity contribution is -0.236. The van der Waals surface area contributed by atoms with E-state index >= 15 is 0 Å². The number of nitrogens with one attached hydrogen (secondary N) is 1. The van der Waals surface area contributed by atoms with Gasteiger partial charge in [0.05, 0.1) is 6.61 Å². The number of aryl methyl sites for hydroxylation is 1. The summed E-state index contributed by atoms with van der Waals surface area (Å²) >= 11 is 0. The first kappa shape index (κ1) is 18.4. The van der Waals surface area contributed by atoms with Crippen LogP contribution in [-0.2, 0) is 11.3 Å². The predicted octanol–water partition coefficient (Wildman–Crippen LogP) is -0.562. The smallest absolute Gasteiger partial charge is 0.137 e. The fourth-order valence-electron chi connectivity index (χ4n) is 2.81. The normalized spacial score (nSPS) is 31.4. The summed E-state index contributed by atoms with van der Waals surface area (Å²) in [6.45, 7) is 1.27. The molecule has 0 saturated carbocycles. The third-order valence-electron chi connectivity index (χ3n) is 4.25. The van der Waals surface area contributed by atoms with Crippen molar-refractivity contribution in [2.75, 3.05) is 13.2 Å². The van der Waals surface area contributed by atoms with Crippen molar-refractivity contribution in [3.8, 4) is 0 Å². The minimum absolute atomic E-state index is 0.400. The molecule has 132 valence electrons. The van der Waals surface area contributed by atoms with Crippen molar-refractivity contribution < 1.29 is 25.2 Å². The van der Waals surface area contributed by atoms with Crippen molar-refractivity contribution in [3.05, 3.63) is 24.5 Å². The standard InChI is InChI=1S/C16H28N2O5/c19-11-12-13(20)14(21)15(22)16(23-12)17-7-3-1-2-4-8-18-9-5-6-10-18/h5-6,9-10,12-17,19-22H,1-4,7-8,11H2/t12-,13-,14+,15-,16?/m1/s1. The largest absolute Gasteiger partial charge is 0.394 e. The molecule has 1 aromatic heterocycles. The van der Waals surface area contributed by atoms with E-state index in [2.05, 4.69) is 22.3 Å². The Morgan fingerprint density at radius 2 is 1.61 bits per heavy atom. The second-order valence-electron chi connectivity index (χ2n) is 6.04. The van der Waals surface area contributed by atoms with Gasteiger partial charge in [0.15, 0.2) is 0 Å². The summed E-state index contributed by atoms with van der Waals surface area (Å²) in [6, 6.07) is 4.04. The van der Waals surface area contributed by atoms with Crippen molar-refractivity contribution in [2.45, 2.75) is 62.9 Å². The number of nitrogens with zero attached hydrogens (tertiary/aromatic N) is 1. The fourth-order valence-corrected chi connectivity index (χ4v) is 2.81. The summed E-state index contributed by atoms with van der Waals surface area (Å²) in [5, 5.41) is 41.4. The number of aromatic nitrogens is 1. The molecule has 5 atom stereocenters. The van der Waals surface area contributed by atoms with Crippen LogP contribution in [0.4, 0.5) is 0 Å². The zero-order chi connectivity index (χ0) is 16.7. The number of aliphatic hydroxyl groups is 4. The minimum Gasteiger partial charge on any atom is -0.394 e. The summed E-state index contributed by atoms with van der Waals surface area (Å²) in [6.07, 6.45) is 2.89. The molecule has 2 heterocycles. The predicted molar refractivity (Wildman–Crippen MR) is 84.7 cm³/mol. The van der Waals surface area contributed by atoms with Gasteiger partial charge in [0.1, 0.15) is 30.6 Å². The van der Waals surface area contributed by atoms with Gasteiger partial charge >= 0.3 is 0 Å². The van der Waals surface area contributed by atoms with Crippen LogP contribution in [0.5, 0.6) is 0 Å². The molecule has 1 aliphatic rings. The molecule has 1 aliphatic heterocycles. The van der Waals surface area contributed by atoms with Gasteiger partial charge in [-0.05, 0) is 31.5 Å². The van der Waals surface area contributed by atoms with E-state index in [0.29, 0.717) is 6.54 Å². The van der Waals surface area contributed by atoms with Crippen molar-refractivity contribution in [3.63, 3.8) is 0 Å². The van der Waals surface area contributed by atoms with Crippen LogP contribution < -0.4 is 5.32 Å². The number of hydrogen-bond acceptors (Lipinski definition) is 6. The van der Waals surface area contributed by atoms with Crippen molar-refractivity contribution in [1.29, 1.82) is 0 Å².